The van der Waals surface area contributed by atoms with Crippen molar-refractivity contribution in [1.82, 2.24) is 0 Å². The normalized spacial score (nSPS) is 14.0. The van der Waals surface area contributed by atoms with Crippen LogP contribution in [0.5, 0.6) is 5.75 Å². The van der Waals surface area contributed by atoms with Crippen molar-refractivity contribution in [1.29, 1.82) is 0 Å². The van der Waals surface area contributed by atoms with E-state index in [9.17, 15) is 4.57 Å². The van der Waals surface area contributed by atoms with Crippen molar-refractivity contribution in [3.63, 3.8) is 0 Å². The van der Waals surface area contributed by atoms with Gasteiger partial charge < -0.3 is 4.52 Å². The van der Waals surface area contributed by atoms with E-state index in [1.165, 1.54) is 0 Å². The first-order valence-corrected chi connectivity index (χ1v) is 8.56. The van der Waals surface area contributed by atoms with Crippen LogP contribution in [-0.4, -0.2) is 12.4 Å². The zero-order valence-corrected chi connectivity index (χ0v) is 11.9. The quantitative estimate of drug-likeness (QED) is 0.535. The van der Waals surface area contributed by atoms with Gasteiger partial charge in [0.15, 0.2) is 0 Å². The summed E-state index contributed by atoms with van der Waals surface area (Å²) < 4.78 is 22.9. The molecule has 0 aliphatic carbocycles. The van der Waals surface area contributed by atoms with Crippen LogP contribution >= 0.6 is 29.8 Å². The molecule has 3 nitrogen and oxygen atoms in total. The predicted molar refractivity (Wildman–Crippen MR) is 74.0 cm³/mol. The van der Waals surface area contributed by atoms with Crippen molar-refractivity contribution in [2.45, 2.75) is 6.92 Å². The van der Waals surface area contributed by atoms with Gasteiger partial charge in [0.2, 0.25) is 0 Å². The number of hydrogen-bond acceptors (Lipinski definition) is 4. The Bertz CT molecular complexity index is 425. The fourth-order valence-electron chi connectivity index (χ4n) is 1.03. The Morgan fingerprint density at radius 3 is 2.82 bits per heavy atom. The predicted octanol–water partition coefficient (Wildman–Crippen LogP) is 4.78. The van der Waals surface area contributed by atoms with Crippen molar-refractivity contribution in [3.8, 4) is 5.75 Å². The lowest BCUT2D eigenvalue weighted by Crippen LogP contribution is -1.96. The van der Waals surface area contributed by atoms with Gasteiger partial charge in [-0.3, -0.25) is 4.52 Å². The van der Waals surface area contributed by atoms with Gasteiger partial charge in [-0.05, 0) is 30.4 Å². The van der Waals surface area contributed by atoms with Gasteiger partial charge in [0.05, 0.1) is 11.6 Å². The molecule has 0 bridgehead atoms. The molecule has 0 saturated heterocycles. The van der Waals surface area contributed by atoms with Crippen LogP contribution in [0.4, 0.5) is 0 Å². The van der Waals surface area contributed by atoms with Crippen LogP contribution < -0.4 is 4.52 Å². The molecule has 0 heterocycles. The summed E-state index contributed by atoms with van der Waals surface area (Å²) in [5, 5.41) is 0.409. The first kappa shape index (κ1) is 14.7. The number of benzene rings is 1. The highest BCUT2D eigenvalue weighted by atomic mass is 35.5. The van der Waals surface area contributed by atoms with Crippen molar-refractivity contribution >= 4 is 29.8 Å². The topological polar surface area (TPSA) is 35.5 Å². The van der Waals surface area contributed by atoms with Crippen LogP contribution in [0.3, 0.4) is 0 Å². The molecule has 0 N–H and O–H groups in total. The van der Waals surface area contributed by atoms with Crippen molar-refractivity contribution in [2.24, 2.45) is 0 Å². The SMILES string of the molecule is C=CCSP(=O)(OCC)Oc1ccccc1Cl. The van der Waals surface area contributed by atoms with Crippen LogP contribution in [0.2, 0.25) is 5.02 Å². The fraction of sp³-hybridized carbons (Fsp3) is 0.273. The molecule has 17 heavy (non-hydrogen) atoms. The maximum atomic E-state index is 12.3. The molecule has 1 rings (SSSR count). The van der Waals surface area contributed by atoms with Crippen LogP contribution in [0, 0.1) is 0 Å². The zero-order valence-electron chi connectivity index (χ0n) is 9.47. The summed E-state index contributed by atoms with van der Waals surface area (Å²) in [5.41, 5.74) is 0. The number of rotatable bonds is 7. The maximum Gasteiger partial charge on any atom is 0.440 e. The molecule has 0 fully saturated rings. The maximum absolute atomic E-state index is 12.3. The average Bonchev–Trinajstić information content (AvgIpc) is 2.30. The van der Waals surface area contributed by atoms with Gasteiger partial charge in [-0.2, -0.15) is 0 Å². The van der Waals surface area contributed by atoms with Gasteiger partial charge in [-0.25, -0.2) is 4.57 Å². The summed E-state index contributed by atoms with van der Waals surface area (Å²) in [6.07, 6.45) is 1.65. The Labute approximate surface area is 110 Å². The lowest BCUT2D eigenvalue weighted by molar-refractivity contribution is 0.296. The lowest BCUT2D eigenvalue weighted by atomic mass is 10.3. The minimum Gasteiger partial charge on any atom is -0.415 e. The Morgan fingerprint density at radius 2 is 2.24 bits per heavy atom. The third-order valence-corrected chi connectivity index (χ3v) is 5.63. The van der Waals surface area contributed by atoms with Gasteiger partial charge in [-0.15, -0.1) is 6.58 Å². The largest absolute Gasteiger partial charge is 0.440 e. The summed E-state index contributed by atoms with van der Waals surface area (Å²) >= 11 is 7.02. The summed E-state index contributed by atoms with van der Waals surface area (Å²) in [6.45, 7) is 2.42. The van der Waals surface area contributed by atoms with Crippen molar-refractivity contribution < 1.29 is 13.6 Å². The van der Waals surface area contributed by atoms with Crippen LogP contribution in [-0.2, 0) is 9.09 Å². The monoisotopic (exact) mass is 292 g/mol. The highest BCUT2D eigenvalue weighted by Gasteiger charge is 2.27. The molecular weight excluding hydrogens is 279 g/mol. The van der Waals surface area contributed by atoms with E-state index in [1.54, 1.807) is 37.3 Å². The Balaban J connectivity index is 2.82. The van der Waals surface area contributed by atoms with E-state index in [-0.39, 0.29) is 0 Å². The average molecular weight is 293 g/mol. The van der Waals surface area contributed by atoms with Crippen LogP contribution in [0.15, 0.2) is 36.9 Å². The third kappa shape index (κ3) is 4.76. The first-order valence-electron chi connectivity index (χ1n) is 5.05. The molecule has 0 saturated carbocycles. The van der Waals surface area contributed by atoms with Crippen molar-refractivity contribution in [2.75, 3.05) is 12.4 Å². The van der Waals surface area contributed by atoms with Gasteiger partial charge in [0.25, 0.3) is 0 Å². The summed E-state index contributed by atoms with van der Waals surface area (Å²) in [4.78, 5) is 0. The fourth-order valence-corrected chi connectivity index (χ4v) is 4.25. The molecule has 94 valence electrons. The van der Waals surface area contributed by atoms with Crippen molar-refractivity contribution in [3.05, 3.63) is 41.9 Å². The standard InChI is InChI=1S/C11H14ClO3PS/c1-3-9-17-16(13,14-4-2)15-11-8-6-5-7-10(11)12/h3,5-8H,1,4,9H2,2H3. The Morgan fingerprint density at radius 1 is 1.53 bits per heavy atom. The lowest BCUT2D eigenvalue weighted by Gasteiger charge is -2.17. The van der Waals surface area contributed by atoms with E-state index in [2.05, 4.69) is 6.58 Å². The molecule has 1 atom stereocenters. The van der Waals surface area contributed by atoms with Gasteiger partial charge in [-0.1, -0.05) is 29.8 Å². The molecule has 0 radical (unpaired) electrons. The summed E-state index contributed by atoms with van der Waals surface area (Å²) in [7, 11) is 0. The van der Waals surface area contributed by atoms with Gasteiger partial charge in [0.1, 0.15) is 5.75 Å². The molecule has 0 aliphatic heterocycles. The van der Waals surface area contributed by atoms with Gasteiger partial charge in [0, 0.05) is 5.75 Å². The Kier molecular flexibility index (Phi) is 6.14. The second-order valence-electron chi connectivity index (χ2n) is 2.97. The molecule has 0 aliphatic rings. The molecule has 1 aromatic rings. The summed E-state index contributed by atoms with van der Waals surface area (Å²) in [5.74, 6) is 0.851. The van der Waals surface area contributed by atoms with Crippen LogP contribution in [0.1, 0.15) is 6.92 Å². The minimum absolute atomic E-state index is 0.311. The van der Waals surface area contributed by atoms with E-state index < -0.39 is 6.80 Å². The highest BCUT2D eigenvalue weighted by molar-refractivity contribution is 8.55. The second kappa shape index (κ2) is 7.12. The molecule has 6 heteroatoms. The first-order chi connectivity index (χ1) is 8.11. The van der Waals surface area contributed by atoms with E-state index in [0.717, 1.165) is 11.4 Å². The molecule has 0 aromatic heterocycles. The zero-order chi connectivity index (χ0) is 12.7. The molecule has 1 unspecified atom stereocenters. The Hall–Kier alpha value is -0.410. The van der Waals surface area contributed by atoms with Gasteiger partial charge >= 0.3 is 6.80 Å². The molecule has 1 aromatic carbocycles. The highest BCUT2D eigenvalue weighted by Crippen LogP contribution is 2.60. The molecular formula is C11H14ClO3PS. The number of halogens is 1. The summed E-state index contributed by atoms with van der Waals surface area (Å²) in [6, 6.07) is 6.86. The smallest absolute Gasteiger partial charge is 0.415 e. The van der Waals surface area contributed by atoms with E-state index in [1.807, 2.05) is 0 Å². The second-order valence-corrected chi connectivity index (χ2v) is 7.42. The molecule has 0 amide bonds. The molecule has 0 spiro atoms. The van der Waals surface area contributed by atoms with Crippen LogP contribution in [0.25, 0.3) is 0 Å². The van der Waals surface area contributed by atoms with E-state index in [4.69, 9.17) is 20.6 Å². The number of para-hydroxylation sites is 1. The van der Waals surface area contributed by atoms with E-state index >= 15 is 0 Å². The third-order valence-electron chi connectivity index (χ3n) is 1.68. The van der Waals surface area contributed by atoms with E-state index in [0.29, 0.717) is 23.1 Å². The minimum atomic E-state index is -3.22. The number of hydrogen-bond donors (Lipinski definition) is 0.